The predicted octanol–water partition coefficient (Wildman–Crippen LogP) is 2.67. The number of rotatable bonds is 5. The third-order valence-corrected chi connectivity index (χ3v) is 2.59. The maximum atomic E-state index is 3.51. The molecule has 0 aliphatic carbocycles. The van der Waals surface area contributed by atoms with Crippen LogP contribution in [0.5, 0.6) is 0 Å². The van der Waals surface area contributed by atoms with Crippen LogP contribution in [0.3, 0.4) is 0 Å². The van der Waals surface area contributed by atoms with Crippen LogP contribution in [0.15, 0.2) is 0 Å². The maximum absolute atomic E-state index is 3.51. The van der Waals surface area contributed by atoms with Crippen molar-refractivity contribution in [2.24, 2.45) is 11.8 Å². The molecule has 0 aliphatic heterocycles. The zero-order valence-corrected chi connectivity index (χ0v) is 8.65. The number of hydrogen-bond acceptors (Lipinski definition) is 1. The van der Waals surface area contributed by atoms with Gasteiger partial charge in [-0.15, -0.1) is 0 Å². The minimum Gasteiger partial charge on any atom is -0.314 e. The first-order valence-electron chi connectivity index (χ1n) is 4.86. The predicted molar refractivity (Wildman–Crippen MR) is 51.8 cm³/mol. The van der Waals surface area contributed by atoms with Crippen LogP contribution in [0, 0.1) is 11.8 Å². The Morgan fingerprint density at radius 2 is 1.64 bits per heavy atom. The summed E-state index contributed by atoms with van der Waals surface area (Å²) >= 11 is 0. The van der Waals surface area contributed by atoms with E-state index in [4.69, 9.17) is 0 Å². The second-order valence-electron chi connectivity index (χ2n) is 3.68. The van der Waals surface area contributed by atoms with Crippen molar-refractivity contribution < 1.29 is 0 Å². The molecule has 0 aromatic rings. The van der Waals surface area contributed by atoms with E-state index < -0.39 is 0 Å². The molecule has 0 aromatic heterocycles. The van der Waals surface area contributed by atoms with Crippen LogP contribution in [0.2, 0.25) is 0 Å². The molecule has 2 atom stereocenters. The quantitative estimate of drug-likeness (QED) is 0.647. The molecule has 0 heterocycles. The summed E-state index contributed by atoms with van der Waals surface area (Å²) in [6, 6.07) is 0.708. The highest BCUT2D eigenvalue weighted by molar-refractivity contribution is 4.73. The fraction of sp³-hybridized carbons (Fsp3) is 1.00. The number of nitrogens with one attached hydrogen (secondary N) is 1. The smallest absolute Gasteiger partial charge is 0.00923 e. The van der Waals surface area contributed by atoms with Gasteiger partial charge in [0.25, 0.3) is 0 Å². The van der Waals surface area contributed by atoms with Gasteiger partial charge in [-0.05, 0) is 24.8 Å². The molecule has 68 valence electrons. The Morgan fingerprint density at radius 1 is 1.09 bits per heavy atom. The molecule has 2 unspecified atom stereocenters. The molecule has 0 spiro atoms. The van der Waals surface area contributed by atoms with E-state index >= 15 is 0 Å². The van der Waals surface area contributed by atoms with Crippen LogP contribution in [-0.4, -0.2) is 12.6 Å². The molecular weight excluding hydrogens is 134 g/mol. The highest BCUT2D eigenvalue weighted by Gasteiger charge is 2.16. The van der Waals surface area contributed by atoms with Gasteiger partial charge in [0, 0.05) is 6.04 Å². The van der Waals surface area contributed by atoms with E-state index in [-0.39, 0.29) is 0 Å². The van der Waals surface area contributed by atoms with Gasteiger partial charge in [0.15, 0.2) is 0 Å². The molecule has 0 fully saturated rings. The van der Waals surface area contributed by atoms with E-state index in [1.807, 2.05) is 0 Å². The molecule has 0 bridgehead atoms. The van der Waals surface area contributed by atoms with Gasteiger partial charge in [-0.3, -0.25) is 0 Å². The first-order valence-corrected chi connectivity index (χ1v) is 4.86. The summed E-state index contributed by atoms with van der Waals surface area (Å²) < 4.78 is 0. The van der Waals surface area contributed by atoms with Gasteiger partial charge < -0.3 is 5.32 Å². The maximum Gasteiger partial charge on any atom is 0.00923 e. The minimum absolute atomic E-state index is 0.708. The van der Waals surface area contributed by atoms with Crippen molar-refractivity contribution in [2.45, 2.75) is 47.1 Å². The summed E-state index contributed by atoms with van der Waals surface area (Å²) in [5, 5.41) is 3.51. The Kier molecular flexibility index (Phi) is 5.57. The molecule has 1 N–H and O–H groups in total. The zero-order chi connectivity index (χ0) is 8.85. The van der Waals surface area contributed by atoms with Crippen molar-refractivity contribution in [1.82, 2.24) is 5.32 Å². The van der Waals surface area contributed by atoms with Crippen molar-refractivity contribution in [3.8, 4) is 0 Å². The third kappa shape index (κ3) is 3.76. The Balaban J connectivity index is 3.81. The summed E-state index contributed by atoms with van der Waals surface area (Å²) in [6.07, 6.45) is 1.24. The summed E-state index contributed by atoms with van der Waals surface area (Å²) in [7, 11) is 0. The van der Waals surface area contributed by atoms with E-state index in [0.717, 1.165) is 18.4 Å². The summed E-state index contributed by atoms with van der Waals surface area (Å²) in [5.74, 6) is 1.58. The monoisotopic (exact) mass is 157 g/mol. The Bertz CT molecular complexity index is 88.9. The average Bonchev–Trinajstić information content (AvgIpc) is 1.98. The van der Waals surface area contributed by atoms with Gasteiger partial charge in [-0.1, -0.05) is 34.6 Å². The normalized spacial score (nSPS) is 16.9. The topological polar surface area (TPSA) is 12.0 Å². The van der Waals surface area contributed by atoms with Crippen molar-refractivity contribution in [1.29, 1.82) is 0 Å². The van der Waals surface area contributed by atoms with Crippen LogP contribution in [0.1, 0.15) is 41.0 Å². The van der Waals surface area contributed by atoms with Crippen LogP contribution in [-0.2, 0) is 0 Å². The fourth-order valence-corrected chi connectivity index (χ4v) is 1.43. The second kappa shape index (κ2) is 5.59. The standard InChI is InChI=1S/C10H23N/c1-6-10(11-7-2)9(5)8(3)4/h8-11H,6-7H2,1-5H3. The SMILES string of the molecule is CCNC(CC)C(C)C(C)C. The highest BCUT2D eigenvalue weighted by Crippen LogP contribution is 2.16. The van der Waals surface area contributed by atoms with Crippen LogP contribution in [0.4, 0.5) is 0 Å². The van der Waals surface area contributed by atoms with Crippen molar-refractivity contribution in [3.63, 3.8) is 0 Å². The van der Waals surface area contributed by atoms with Crippen LogP contribution in [0.25, 0.3) is 0 Å². The molecule has 11 heavy (non-hydrogen) atoms. The van der Waals surface area contributed by atoms with Crippen molar-refractivity contribution >= 4 is 0 Å². The molecule has 0 aromatic carbocycles. The second-order valence-corrected chi connectivity index (χ2v) is 3.68. The summed E-state index contributed by atoms with van der Waals surface area (Å²) in [4.78, 5) is 0. The Labute approximate surface area is 71.6 Å². The van der Waals surface area contributed by atoms with E-state index in [1.165, 1.54) is 6.42 Å². The summed E-state index contributed by atoms with van der Waals surface area (Å²) in [5.41, 5.74) is 0. The van der Waals surface area contributed by atoms with E-state index in [1.54, 1.807) is 0 Å². The largest absolute Gasteiger partial charge is 0.314 e. The van der Waals surface area contributed by atoms with Crippen LogP contribution >= 0.6 is 0 Å². The van der Waals surface area contributed by atoms with Gasteiger partial charge in [-0.25, -0.2) is 0 Å². The first kappa shape index (κ1) is 11.0. The molecule has 1 heteroatoms. The molecule has 0 radical (unpaired) electrons. The van der Waals surface area contributed by atoms with E-state index in [9.17, 15) is 0 Å². The molecule has 0 aliphatic rings. The van der Waals surface area contributed by atoms with Crippen molar-refractivity contribution in [3.05, 3.63) is 0 Å². The molecule has 0 saturated heterocycles. The third-order valence-electron chi connectivity index (χ3n) is 2.59. The lowest BCUT2D eigenvalue weighted by Crippen LogP contribution is -2.36. The van der Waals surface area contributed by atoms with E-state index in [2.05, 4.69) is 39.9 Å². The molecule has 0 rings (SSSR count). The Morgan fingerprint density at radius 3 is 1.91 bits per heavy atom. The highest BCUT2D eigenvalue weighted by atomic mass is 14.9. The average molecular weight is 157 g/mol. The zero-order valence-electron chi connectivity index (χ0n) is 8.65. The van der Waals surface area contributed by atoms with E-state index in [0.29, 0.717) is 6.04 Å². The van der Waals surface area contributed by atoms with Gasteiger partial charge in [-0.2, -0.15) is 0 Å². The lowest BCUT2D eigenvalue weighted by molar-refractivity contribution is 0.295. The number of hydrogen-bond donors (Lipinski definition) is 1. The lowest BCUT2D eigenvalue weighted by atomic mass is 9.89. The lowest BCUT2D eigenvalue weighted by Gasteiger charge is -2.26. The fourth-order valence-electron chi connectivity index (χ4n) is 1.43. The van der Waals surface area contributed by atoms with Gasteiger partial charge in [0.2, 0.25) is 0 Å². The minimum atomic E-state index is 0.708. The molecule has 0 saturated carbocycles. The van der Waals surface area contributed by atoms with Gasteiger partial charge in [0.05, 0.1) is 0 Å². The van der Waals surface area contributed by atoms with Crippen molar-refractivity contribution in [2.75, 3.05) is 6.54 Å². The summed E-state index contributed by atoms with van der Waals surface area (Å²) in [6.45, 7) is 12.5. The molecule has 1 nitrogen and oxygen atoms in total. The molecular formula is C10H23N. The van der Waals surface area contributed by atoms with Gasteiger partial charge >= 0.3 is 0 Å². The first-order chi connectivity index (χ1) is 5.13. The van der Waals surface area contributed by atoms with Gasteiger partial charge in [0.1, 0.15) is 0 Å². The molecule has 0 amide bonds. The van der Waals surface area contributed by atoms with Crippen LogP contribution < -0.4 is 5.32 Å². The Hall–Kier alpha value is -0.0400.